The first-order valence-electron chi connectivity index (χ1n) is 3.54. The van der Waals surface area contributed by atoms with E-state index in [1.165, 1.54) is 0 Å². The summed E-state index contributed by atoms with van der Waals surface area (Å²) in [5, 5.41) is 2.58. The minimum absolute atomic E-state index is 0.164. The summed E-state index contributed by atoms with van der Waals surface area (Å²) in [6.45, 7) is 0. The van der Waals surface area contributed by atoms with Crippen LogP contribution in [-0.4, -0.2) is 15.1 Å². The Morgan fingerprint density at radius 2 is 2.21 bits per heavy atom. The SMILES string of the molecule is S=c1nc(-c2ncc(Br)cc2Br)[nH]o1. The fraction of sp³-hybridized carbons (Fsp3) is 0. The molecule has 0 saturated carbocycles. The van der Waals surface area contributed by atoms with Gasteiger partial charge in [-0.2, -0.15) is 10.1 Å². The van der Waals surface area contributed by atoms with Crippen molar-refractivity contribution in [2.75, 3.05) is 0 Å². The molecule has 0 spiro atoms. The Morgan fingerprint density at radius 3 is 2.79 bits per heavy atom. The normalized spacial score (nSPS) is 10.4. The summed E-state index contributed by atoms with van der Waals surface area (Å²) < 4.78 is 6.51. The monoisotopic (exact) mass is 335 g/mol. The maximum absolute atomic E-state index is 4.81. The number of hydrogen-bond donors (Lipinski definition) is 1. The minimum atomic E-state index is 0.164. The first-order valence-corrected chi connectivity index (χ1v) is 5.53. The molecule has 2 aromatic rings. The van der Waals surface area contributed by atoms with E-state index in [0.717, 1.165) is 8.95 Å². The molecule has 0 radical (unpaired) electrons. The number of nitrogens with one attached hydrogen (secondary N) is 1. The second-order valence-corrected chi connectivity index (χ2v) is 4.53. The lowest BCUT2D eigenvalue weighted by atomic mass is 10.3. The number of hydrogen-bond acceptors (Lipinski definition) is 4. The van der Waals surface area contributed by atoms with Crippen molar-refractivity contribution < 1.29 is 4.52 Å². The maximum atomic E-state index is 4.81. The van der Waals surface area contributed by atoms with Gasteiger partial charge in [0.25, 0.3) is 0 Å². The van der Waals surface area contributed by atoms with Crippen LogP contribution >= 0.6 is 44.1 Å². The van der Waals surface area contributed by atoms with E-state index in [2.05, 4.69) is 47.0 Å². The Labute approximate surface area is 101 Å². The third-order valence-corrected chi connectivity index (χ3v) is 2.68. The van der Waals surface area contributed by atoms with Crippen molar-refractivity contribution in [1.29, 1.82) is 0 Å². The molecule has 0 aromatic carbocycles. The molecular formula is C7H3Br2N3OS. The molecule has 2 heterocycles. The number of H-pyrrole nitrogens is 1. The van der Waals surface area contributed by atoms with Gasteiger partial charge >= 0.3 is 4.84 Å². The average Bonchev–Trinajstić information content (AvgIpc) is 2.51. The van der Waals surface area contributed by atoms with Crippen LogP contribution in [0, 0.1) is 4.84 Å². The zero-order valence-corrected chi connectivity index (χ0v) is 10.6. The van der Waals surface area contributed by atoms with Gasteiger partial charge < -0.3 is 4.52 Å². The van der Waals surface area contributed by atoms with Crippen molar-refractivity contribution >= 4 is 44.1 Å². The molecule has 2 aromatic heterocycles. The molecular weight excluding hydrogens is 334 g/mol. The van der Waals surface area contributed by atoms with Crippen LogP contribution in [0.15, 0.2) is 25.7 Å². The van der Waals surface area contributed by atoms with E-state index in [1.807, 2.05) is 6.07 Å². The summed E-state index contributed by atoms with van der Waals surface area (Å²) in [4.78, 5) is 8.29. The fourth-order valence-electron chi connectivity index (χ4n) is 0.919. The fourth-order valence-corrected chi connectivity index (χ4v) is 2.23. The van der Waals surface area contributed by atoms with Gasteiger partial charge in [0.2, 0.25) is 0 Å². The molecule has 2 rings (SSSR count). The number of rotatable bonds is 1. The summed E-state index contributed by atoms with van der Waals surface area (Å²) in [6, 6.07) is 1.87. The quantitative estimate of drug-likeness (QED) is 0.812. The first-order chi connectivity index (χ1) is 6.66. The first kappa shape index (κ1) is 10.0. The summed E-state index contributed by atoms with van der Waals surface area (Å²) in [7, 11) is 0. The lowest BCUT2D eigenvalue weighted by Crippen LogP contribution is -1.87. The Morgan fingerprint density at radius 1 is 1.43 bits per heavy atom. The largest absolute Gasteiger partial charge is 0.348 e. The van der Waals surface area contributed by atoms with Crippen LogP contribution in [0.5, 0.6) is 0 Å². The van der Waals surface area contributed by atoms with Crippen molar-refractivity contribution in [3.05, 3.63) is 26.0 Å². The van der Waals surface area contributed by atoms with Gasteiger partial charge in [-0.25, -0.2) is 0 Å². The molecule has 0 aliphatic carbocycles. The van der Waals surface area contributed by atoms with Crippen LogP contribution in [0.4, 0.5) is 0 Å². The third-order valence-electron chi connectivity index (χ3n) is 1.47. The topological polar surface area (TPSA) is 54.7 Å². The van der Waals surface area contributed by atoms with E-state index in [4.69, 9.17) is 16.7 Å². The molecule has 0 bridgehead atoms. The van der Waals surface area contributed by atoms with E-state index in [1.54, 1.807) is 6.20 Å². The van der Waals surface area contributed by atoms with Crippen LogP contribution in [0.3, 0.4) is 0 Å². The Hall–Kier alpha value is -0.530. The van der Waals surface area contributed by atoms with Gasteiger partial charge in [0.05, 0.1) is 0 Å². The molecule has 0 saturated heterocycles. The third kappa shape index (κ3) is 1.94. The number of halogens is 2. The highest BCUT2D eigenvalue weighted by atomic mass is 79.9. The van der Waals surface area contributed by atoms with Crippen LogP contribution in [0.25, 0.3) is 11.5 Å². The van der Waals surface area contributed by atoms with E-state index < -0.39 is 0 Å². The molecule has 1 N–H and O–H groups in total. The van der Waals surface area contributed by atoms with Crippen LogP contribution < -0.4 is 0 Å². The van der Waals surface area contributed by atoms with Crippen molar-refractivity contribution in [1.82, 2.24) is 15.1 Å². The smallest absolute Gasteiger partial charge is 0.314 e. The van der Waals surface area contributed by atoms with Crippen molar-refractivity contribution in [3.63, 3.8) is 0 Å². The van der Waals surface area contributed by atoms with Crippen LogP contribution in [0.2, 0.25) is 0 Å². The summed E-state index contributed by atoms with van der Waals surface area (Å²) in [6.07, 6.45) is 1.67. The van der Waals surface area contributed by atoms with Crippen molar-refractivity contribution in [3.8, 4) is 11.5 Å². The Bertz CT molecular complexity index is 522. The average molecular weight is 337 g/mol. The lowest BCUT2D eigenvalue weighted by Gasteiger charge is -1.98. The van der Waals surface area contributed by atoms with Gasteiger partial charge in [0.15, 0.2) is 5.82 Å². The standard InChI is InChI=1S/C7H3Br2N3OS/c8-3-1-4(9)5(10-2-3)6-11-7(14)13-12-6/h1-2H,(H,11,12,14). The van der Waals surface area contributed by atoms with E-state index in [-0.39, 0.29) is 4.84 Å². The molecule has 0 fully saturated rings. The van der Waals surface area contributed by atoms with Crippen molar-refractivity contribution in [2.45, 2.75) is 0 Å². The van der Waals surface area contributed by atoms with Gasteiger partial charge in [-0.1, -0.05) is 0 Å². The molecule has 0 aliphatic rings. The predicted molar refractivity (Wildman–Crippen MR) is 60.3 cm³/mol. The highest BCUT2D eigenvalue weighted by Crippen LogP contribution is 2.25. The molecule has 0 amide bonds. The maximum Gasteiger partial charge on any atom is 0.314 e. The predicted octanol–water partition coefficient (Wildman–Crippen LogP) is 3.32. The highest BCUT2D eigenvalue weighted by Gasteiger charge is 2.08. The van der Waals surface area contributed by atoms with E-state index in [0.29, 0.717) is 11.5 Å². The number of aromatic amines is 1. The summed E-state index contributed by atoms with van der Waals surface area (Å²) in [5.74, 6) is 0.509. The van der Waals surface area contributed by atoms with Crippen molar-refractivity contribution in [2.24, 2.45) is 0 Å². The van der Waals surface area contributed by atoms with E-state index in [9.17, 15) is 0 Å². The summed E-state index contributed by atoms with van der Waals surface area (Å²) >= 11 is 11.4. The van der Waals surface area contributed by atoms with Crippen LogP contribution in [0.1, 0.15) is 0 Å². The zero-order chi connectivity index (χ0) is 10.1. The Kier molecular flexibility index (Phi) is 2.80. The lowest BCUT2D eigenvalue weighted by molar-refractivity contribution is 0.406. The van der Waals surface area contributed by atoms with E-state index >= 15 is 0 Å². The zero-order valence-electron chi connectivity index (χ0n) is 6.62. The molecule has 4 nitrogen and oxygen atoms in total. The number of nitrogens with zero attached hydrogens (tertiary/aromatic N) is 2. The number of aromatic nitrogens is 3. The number of pyridine rings is 1. The van der Waals surface area contributed by atoms with Gasteiger partial charge in [0.1, 0.15) is 5.69 Å². The molecule has 0 unspecified atom stereocenters. The van der Waals surface area contributed by atoms with Crippen LogP contribution in [-0.2, 0) is 0 Å². The second-order valence-electron chi connectivity index (χ2n) is 2.41. The van der Waals surface area contributed by atoms with Gasteiger partial charge in [0, 0.05) is 15.1 Å². The second kappa shape index (κ2) is 3.92. The highest BCUT2D eigenvalue weighted by molar-refractivity contribution is 9.11. The van der Waals surface area contributed by atoms with Gasteiger partial charge in [-0.3, -0.25) is 4.98 Å². The molecule has 0 aliphatic heterocycles. The van der Waals surface area contributed by atoms with Gasteiger partial charge in [-0.05, 0) is 50.1 Å². The minimum Gasteiger partial charge on any atom is -0.348 e. The molecule has 14 heavy (non-hydrogen) atoms. The summed E-state index contributed by atoms with van der Waals surface area (Å²) in [5.41, 5.74) is 0.660. The molecule has 7 heteroatoms. The molecule has 0 atom stereocenters. The van der Waals surface area contributed by atoms with Gasteiger partial charge in [-0.15, -0.1) is 0 Å². The Balaban J connectivity index is 2.57. The molecule has 72 valence electrons.